The number of para-hydroxylation sites is 1. The van der Waals surface area contributed by atoms with Crippen molar-refractivity contribution in [3.05, 3.63) is 29.8 Å². The van der Waals surface area contributed by atoms with Gasteiger partial charge in [0, 0.05) is 12.1 Å². The van der Waals surface area contributed by atoms with Crippen molar-refractivity contribution < 1.29 is 18.3 Å². The maximum absolute atomic E-state index is 13.5. The summed E-state index contributed by atoms with van der Waals surface area (Å²) in [5.41, 5.74) is 0.303. The zero-order valence-electron chi connectivity index (χ0n) is 13.6. The molecule has 0 aromatic heterocycles. The smallest absolute Gasteiger partial charge is 0.262 e. The highest BCUT2D eigenvalue weighted by atomic mass is 19.3. The summed E-state index contributed by atoms with van der Waals surface area (Å²) in [7, 11) is 1.43. The summed E-state index contributed by atoms with van der Waals surface area (Å²) in [4.78, 5) is 14.6. The normalized spacial score (nSPS) is 17.4. The fourth-order valence-corrected chi connectivity index (χ4v) is 2.74. The molecule has 1 aromatic rings. The van der Waals surface area contributed by atoms with Gasteiger partial charge in [-0.25, -0.2) is 8.78 Å². The van der Waals surface area contributed by atoms with E-state index in [1.807, 2.05) is 6.92 Å². The summed E-state index contributed by atoms with van der Waals surface area (Å²) in [5.74, 6) is -0.240. The number of nitrogens with zero attached hydrogens (tertiary/aromatic N) is 1. The Bertz CT molecular complexity index is 521. The Morgan fingerprint density at radius 2 is 2.04 bits per heavy atom. The number of likely N-dealkylation sites (tertiary alicyclic amines) is 1. The molecule has 23 heavy (non-hydrogen) atoms. The van der Waals surface area contributed by atoms with Gasteiger partial charge in [-0.2, -0.15) is 0 Å². The Labute approximate surface area is 135 Å². The molecular weight excluding hydrogens is 302 g/mol. The molecule has 1 saturated heterocycles. The average molecular weight is 326 g/mol. The topological polar surface area (TPSA) is 41.6 Å². The van der Waals surface area contributed by atoms with Crippen molar-refractivity contribution >= 4 is 5.91 Å². The van der Waals surface area contributed by atoms with E-state index in [1.54, 1.807) is 24.3 Å². The van der Waals surface area contributed by atoms with Crippen LogP contribution in [0.2, 0.25) is 0 Å². The molecule has 1 N–H and O–H groups in total. The standard InChI is InChI=1S/C17H24F2N2O2/c1-3-12(11-21-9-6-10-21)17(22)20-15(16(18)19)13-7-4-5-8-14(13)23-2/h4-5,7-8,12,15-16H,3,6,9-11H2,1-2H3,(H,20,22)/t12?,15-/m1/s1. The SMILES string of the molecule is CCC(CN1CCC1)C(=O)N[C@H](c1ccccc1OC)C(F)F. The second kappa shape index (κ2) is 8.24. The van der Waals surface area contributed by atoms with Crippen LogP contribution in [0.15, 0.2) is 24.3 Å². The first-order valence-electron chi connectivity index (χ1n) is 8.00. The third-order valence-electron chi connectivity index (χ3n) is 4.31. The number of ether oxygens (including phenoxy) is 1. The van der Waals surface area contributed by atoms with Gasteiger partial charge in [-0.1, -0.05) is 25.1 Å². The lowest BCUT2D eigenvalue weighted by Gasteiger charge is -2.34. The molecule has 1 unspecified atom stereocenters. The maximum atomic E-state index is 13.5. The van der Waals surface area contributed by atoms with Crippen molar-refractivity contribution in [2.75, 3.05) is 26.7 Å². The van der Waals surface area contributed by atoms with E-state index in [0.717, 1.165) is 19.5 Å². The summed E-state index contributed by atoms with van der Waals surface area (Å²) < 4.78 is 32.1. The molecule has 0 spiro atoms. The van der Waals surface area contributed by atoms with Gasteiger partial charge < -0.3 is 15.0 Å². The number of alkyl halides is 2. The van der Waals surface area contributed by atoms with E-state index in [2.05, 4.69) is 10.2 Å². The number of hydrogen-bond acceptors (Lipinski definition) is 3. The van der Waals surface area contributed by atoms with Gasteiger partial charge in [-0.05, 0) is 32.0 Å². The molecule has 2 rings (SSSR count). The molecule has 128 valence electrons. The van der Waals surface area contributed by atoms with Crippen molar-refractivity contribution in [1.29, 1.82) is 0 Å². The van der Waals surface area contributed by atoms with Crippen molar-refractivity contribution in [3.63, 3.8) is 0 Å². The van der Waals surface area contributed by atoms with Gasteiger partial charge in [-0.3, -0.25) is 4.79 Å². The Morgan fingerprint density at radius 3 is 2.57 bits per heavy atom. The number of rotatable bonds is 8. The maximum Gasteiger partial charge on any atom is 0.262 e. The Morgan fingerprint density at radius 1 is 1.35 bits per heavy atom. The van der Waals surface area contributed by atoms with Crippen LogP contribution in [0.25, 0.3) is 0 Å². The monoisotopic (exact) mass is 326 g/mol. The van der Waals surface area contributed by atoms with Gasteiger partial charge >= 0.3 is 0 Å². The minimum absolute atomic E-state index is 0.272. The quantitative estimate of drug-likeness (QED) is 0.799. The van der Waals surface area contributed by atoms with Crippen LogP contribution in [0.3, 0.4) is 0 Å². The lowest BCUT2D eigenvalue weighted by Crippen LogP contribution is -2.46. The first-order chi connectivity index (χ1) is 11.1. The predicted octanol–water partition coefficient (Wildman–Crippen LogP) is 2.85. The number of carbonyl (C=O) groups excluding carboxylic acids is 1. The van der Waals surface area contributed by atoms with E-state index in [0.29, 0.717) is 24.3 Å². The second-order valence-corrected chi connectivity index (χ2v) is 5.82. The molecule has 1 heterocycles. The molecule has 0 saturated carbocycles. The van der Waals surface area contributed by atoms with Gasteiger partial charge in [0.05, 0.1) is 13.0 Å². The Hall–Kier alpha value is -1.69. The van der Waals surface area contributed by atoms with Crippen LogP contribution in [0.1, 0.15) is 31.4 Å². The van der Waals surface area contributed by atoms with Crippen LogP contribution in [0.5, 0.6) is 5.75 Å². The average Bonchev–Trinajstić information content (AvgIpc) is 2.51. The largest absolute Gasteiger partial charge is 0.496 e. The van der Waals surface area contributed by atoms with Crippen LogP contribution in [0.4, 0.5) is 8.78 Å². The third-order valence-corrected chi connectivity index (χ3v) is 4.31. The van der Waals surface area contributed by atoms with Gasteiger partial charge in [0.1, 0.15) is 11.8 Å². The summed E-state index contributed by atoms with van der Waals surface area (Å²) in [6.45, 7) is 4.50. The molecule has 1 aliphatic heterocycles. The van der Waals surface area contributed by atoms with E-state index in [4.69, 9.17) is 4.74 Å². The molecule has 1 amide bonds. The van der Waals surface area contributed by atoms with E-state index in [-0.39, 0.29) is 11.8 Å². The first kappa shape index (κ1) is 17.7. The molecule has 1 fully saturated rings. The zero-order chi connectivity index (χ0) is 16.8. The Balaban J connectivity index is 2.09. The number of benzene rings is 1. The van der Waals surface area contributed by atoms with Crippen LogP contribution in [0, 0.1) is 5.92 Å². The fourth-order valence-electron chi connectivity index (χ4n) is 2.74. The van der Waals surface area contributed by atoms with E-state index >= 15 is 0 Å². The minimum atomic E-state index is -2.70. The highest BCUT2D eigenvalue weighted by Crippen LogP contribution is 2.29. The molecule has 2 atom stereocenters. The summed E-state index contributed by atoms with van der Waals surface area (Å²) in [6, 6.07) is 5.20. The number of carbonyl (C=O) groups is 1. The van der Waals surface area contributed by atoms with Gasteiger partial charge in [0.25, 0.3) is 6.43 Å². The van der Waals surface area contributed by atoms with Crippen molar-refractivity contribution in [2.45, 2.75) is 32.2 Å². The molecule has 0 bridgehead atoms. The fraction of sp³-hybridized carbons (Fsp3) is 0.588. The molecule has 6 heteroatoms. The number of nitrogens with one attached hydrogen (secondary N) is 1. The molecule has 0 aliphatic carbocycles. The first-order valence-corrected chi connectivity index (χ1v) is 8.00. The molecule has 0 radical (unpaired) electrons. The summed E-state index contributed by atoms with van der Waals surface area (Å²) in [6.07, 6.45) is -0.930. The lowest BCUT2D eigenvalue weighted by molar-refractivity contribution is -0.128. The van der Waals surface area contributed by atoms with Crippen molar-refractivity contribution in [1.82, 2.24) is 10.2 Å². The lowest BCUT2D eigenvalue weighted by atomic mass is 10.0. The van der Waals surface area contributed by atoms with Gasteiger partial charge in [-0.15, -0.1) is 0 Å². The van der Waals surface area contributed by atoms with Crippen LogP contribution >= 0.6 is 0 Å². The third kappa shape index (κ3) is 4.41. The predicted molar refractivity (Wildman–Crippen MR) is 84.7 cm³/mol. The second-order valence-electron chi connectivity index (χ2n) is 5.82. The van der Waals surface area contributed by atoms with E-state index in [1.165, 1.54) is 7.11 Å². The molecule has 1 aliphatic rings. The zero-order valence-corrected chi connectivity index (χ0v) is 13.6. The minimum Gasteiger partial charge on any atom is -0.496 e. The number of hydrogen-bond donors (Lipinski definition) is 1. The number of amides is 1. The molecule has 4 nitrogen and oxygen atoms in total. The van der Waals surface area contributed by atoms with Gasteiger partial charge in [0.2, 0.25) is 5.91 Å². The van der Waals surface area contributed by atoms with Crippen LogP contribution in [-0.4, -0.2) is 44.0 Å². The van der Waals surface area contributed by atoms with E-state index in [9.17, 15) is 13.6 Å². The van der Waals surface area contributed by atoms with Crippen LogP contribution < -0.4 is 10.1 Å². The van der Waals surface area contributed by atoms with Crippen molar-refractivity contribution in [2.24, 2.45) is 5.92 Å². The molecular formula is C17H24F2N2O2. The van der Waals surface area contributed by atoms with Gasteiger partial charge in [0.15, 0.2) is 0 Å². The number of methoxy groups -OCH3 is 1. The number of halogens is 2. The van der Waals surface area contributed by atoms with Crippen LogP contribution in [-0.2, 0) is 4.79 Å². The molecule has 1 aromatic carbocycles. The Kier molecular flexibility index (Phi) is 6.33. The van der Waals surface area contributed by atoms with Crippen molar-refractivity contribution in [3.8, 4) is 5.75 Å². The summed E-state index contributed by atoms with van der Waals surface area (Å²) in [5, 5.41) is 2.52. The summed E-state index contributed by atoms with van der Waals surface area (Å²) >= 11 is 0. The van der Waals surface area contributed by atoms with E-state index < -0.39 is 12.5 Å². The highest BCUT2D eigenvalue weighted by Gasteiger charge is 2.30. The highest BCUT2D eigenvalue weighted by molar-refractivity contribution is 5.79.